The molecule has 0 fully saturated rings. The first-order valence-electron chi connectivity index (χ1n) is 8.91. The molecule has 1 heterocycles. The first kappa shape index (κ1) is 19.6. The molecule has 1 amide bonds. The van der Waals surface area contributed by atoms with Crippen molar-refractivity contribution in [1.82, 2.24) is 15.1 Å². The minimum atomic E-state index is -3.73. The van der Waals surface area contributed by atoms with Crippen molar-refractivity contribution >= 4 is 21.7 Å². The summed E-state index contributed by atoms with van der Waals surface area (Å²) < 4.78 is 29.6. The zero-order valence-electron chi connectivity index (χ0n) is 15.5. The zero-order valence-corrected chi connectivity index (χ0v) is 16.3. The fourth-order valence-electron chi connectivity index (χ4n) is 2.74. The number of hydrogen-bond donors (Lipinski definition) is 2. The molecule has 0 radical (unpaired) electrons. The van der Waals surface area contributed by atoms with Crippen LogP contribution in [0, 0.1) is 0 Å². The van der Waals surface area contributed by atoms with Crippen LogP contribution in [-0.2, 0) is 21.2 Å². The lowest BCUT2D eigenvalue weighted by molar-refractivity contribution is -0.118. The number of carbonyl (C=O) groups is 1. The van der Waals surface area contributed by atoms with E-state index in [2.05, 4.69) is 15.1 Å². The normalized spacial score (nSPS) is 11.2. The van der Waals surface area contributed by atoms with Gasteiger partial charge in [-0.05, 0) is 42.7 Å². The molecule has 0 saturated carbocycles. The van der Waals surface area contributed by atoms with Gasteiger partial charge >= 0.3 is 0 Å². The van der Waals surface area contributed by atoms with Crippen molar-refractivity contribution in [2.75, 3.05) is 11.3 Å². The summed E-state index contributed by atoms with van der Waals surface area (Å²) in [7, 11) is -3.73. The van der Waals surface area contributed by atoms with Crippen molar-refractivity contribution in [1.29, 1.82) is 0 Å². The van der Waals surface area contributed by atoms with E-state index in [0.29, 0.717) is 12.4 Å². The van der Waals surface area contributed by atoms with Gasteiger partial charge in [-0.15, -0.1) is 0 Å². The summed E-state index contributed by atoms with van der Waals surface area (Å²) >= 11 is 0. The number of nitrogens with one attached hydrogen (secondary N) is 2. The SMILES string of the molecule is CC(=O)NCCCc1ccc(S(=O)(=O)Nc2ccnn2-c2ccccc2)cc1. The summed E-state index contributed by atoms with van der Waals surface area (Å²) in [4.78, 5) is 11.0. The molecule has 0 atom stereocenters. The highest BCUT2D eigenvalue weighted by atomic mass is 32.2. The first-order valence-corrected chi connectivity index (χ1v) is 10.4. The highest BCUT2D eigenvalue weighted by Crippen LogP contribution is 2.19. The Labute approximate surface area is 164 Å². The highest BCUT2D eigenvalue weighted by Gasteiger charge is 2.17. The second kappa shape index (κ2) is 8.71. The summed E-state index contributed by atoms with van der Waals surface area (Å²) in [6.45, 7) is 2.08. The molecule has 2 aromatic carbocycles. The van der Waals surface area contributed by atoms with E-state index in [1.807, 2.05) is 30.3 Å². The molecule has 28 heavy (non-hydrogen) atoms. The van der Waals surface area contributed by atoms with Gasteiger partial charge in [0.15, 0.2) is 0 Å². The second-order valence-corrected chi connectivity index (χ2v) is 7.98. The van der Waals surface area contributed by atoms with Gasteiger partial charge in [-0.25, -0.2) is 13.1 Å². The molecule has 0 aliphatic carbocycles. The van der Waals surface area contributed by atoms with Gasteiger partial charge in [0.25, 0.3) is 10.0 Å². The van der Waals surface area contributed by atoms with Crippen molar-refractivity contribution in [2.45, 2.75) is 24.7 Å². The van der Waals surface area contributed by atoms with Crippen LogP contribution in [0.4, 0.5) is 5.82 Å². The van der Waals surface area contributed by atoms with Crippen LogP contribution >= 0.6 is 0 Å². The van der Waals surface area contributed by atoms with Crippen molar-refractivity contribution < 1.29 is 13.2 Å². The average molecular weight is 398 g/mol. The Bertz CT molecular complexity index is 1030. The Morgan fingerprint density at radius 2 is 1.75 bits per heavy atom. The summed E-state index contributed by atoms with van der Waals surface area (Å²) in [5.74, 6) is 0.313. The molecule has 146 valence electrons. The Hall–Kier alpha value is -3.13. The van der Waals surface area contributed by atoms with Crippen LogP contribution in [0.2, 0.25) is 0 Å². The molecule has 3 rings (SSSR count). The van der Waals surface area contributed by atoms with Crippen molar-refractivity contribution in [3.8, 4) is 5.69 Å². The molecule has 0 aliphatic rings. The number of hydrogen-bond acceptors (Lipinski definition) is 4. The van der Waals surface area contributed by atoms with Crippen LogP contribution in [0.1, 0.15) is 18.9 Å². The monoisotopic (exact) mass is 398 g/mol. The third kappa shape index (κ3) is 4.98. The predicted octanol–water partition coefficient (Wildman–Crippen LogP) is 2.74. The number of aromatic nitrogens is 2. The Kier molecular flexibility index (Phi) is 6.10. The lowest BCUT2D eigenvalue weighted by atomic mass is 10.1. The highest BCUT2D eigenvalue weighted by molar-refractivity contribution is 7.92. The molecule has 0 unspecified atom stereocenters. The van der Waals surface area contributed by atoms with E-state index in [9.17, 15) is 13.2 Å². The van der Waals surface area contributed by atoms with E-state index >= 15 is 0 Å². The van der Waals surface area contributed by atoms with Gasteiger partial charge in [0.1, 0.15) is 5.82 Å². The smallest absolute Gasteiger partial charge is 0.263 e. The van der Waals surface area contributed by atoms with Gasteiger partial charge in [0, 0.05) is 19.5 Å². The number of aryl methyl sites for hydroxylation is 1. The molecule has 7 nitrogen and oxygen atoms in total. The van der Waals surface area contributed by atoms with Crippen LogP contribution in [0.3, 0.4) is 0 Å². The second-order valence-electron chi connectivity index (χ2n) is 6.30. The summed E-state index contributed by atoms with van der Waals surface area (Å²) in [5, 5.41) is 6.93. The van der Waals surface area contributed by atoms with Gasteiger partial charge < -0.3 is 5.32 Å². The lowest BCUT2D eigenvalue weighted by Crippen LogP contribution is -2.21. The molecular weight excluding hydrogens is 376 g/mol. The zero-order chi connectivity index (χ0) is 20.0. The van der Waals surface area contributed by atoms with E-state index in [0.717, 1.165) is 24.1 Å². The maximum absolute atomic E-state index is 12.7. The maximum Gasteiger partial charge on any atom is 0.263 e. The Balaban J connectivity index is 1.69. The van der Waals surface area contributed by atoms with Gasteiger partial charge in [-0.2, -0.15) is 5.10 Å². The van der Waals surface area contributed by atoms with Gasteiger partial charge in [0.2, 0.25) is 5.91 Å². The topological polar surface area (TPSA) is 93.1 Å². The van der Waals surface area contributed by atoms with Crippen molar-refractivity contribution in [2.24, 2.45) is 0 Å². The molecule has 0 spiro atoms. The number of benzene rings is 2. The van der Waals surface area contributed by atoms with Crippen LogP contribution in [0.15, 0.2) is 71.8 Å². The molecule has 8 heteroatoms. The molecule has 0 aliphatic heterocycles. The summed E-state index contributed by atoms with van der Waals surface area (Å²) in [5.41, 5.74) is 1.78. The third-order valence-corrected chi connectivity index (χ3v) is 5.50. The summed E-state index contributed by atoms with van der Waals surface area (Å²) in [6, 6.07) is 17.7. The van der Waals surface area contributed by atoms with Gasteiger partial charge in [0.05, 0.1) is 16.8 Å². The molecule has 0 saturated heterocycles. The van der Waals surface area contributed by atoms with E-state index in [4.69, 9.17) is 0 Å². The lowest BCUT2D eigenvalue weighted by Gasteiger charge is -2.11. The molecule has 1 aromatic heterocycles. The van der Waals surface area contributed by atoms with E-state index in [-0.39, 0.29) is 10.8 Å². The number of para-hydroxylation sites is 1. The Morgan fingerprint density at radius 3 is 2.43 bits per heavy atom. The summed E-state index contributed by atoms with van der Waals surface area (Å²) in [6.07, 6.45) is 3.10. The standard InChI is InChI=1S/C20H22N4O3S/c1-16(25)21-14-5-6-17-9-11-19(12-10-17)28(26,27)23-20-13-15-22-24(20)18-7-3-2-4-8-18/h2-4,7-13,15,23H,5-6,14H2,1H3,(H,21,25). The van der Waals surface area contributed by atoms with Gasteiger partial charge in [-0.1, -0.05) is 30.3 Å². The van der Waals surface area contributed by atoms with E-state index in [1.54, 1.807) is 36.5 Å². The maximum atomic E-state index is 12.7. The minimum absolute atomic E-state index is 0.0535. The van der Waals surface area contributed by atoms with E-state index in [1.165, 1.54) is 11.6 Å². The van der Waals surface area contributed by atoms with Crippen molar-refractivity contribution in [3.63, 3.8) is 0 Å². The largest absolute Gasteiger partial charge is 0.356 e. The van der Waals surface area contributed by atoms with Crippen LogP contribution in [0.5, 0.6) is 0 Å². The number of nitrogens with zero attached hydrogens (tertiary/aromatic N) is 2. The number of rotatable bonds is 8. The van der Waals surface area contributed by atoms with Crippen molar-refractivity contribution in [3.05, 3.63) is 72.4 Å². The molecule has 2 N–H and O–H groups in total. The van der Waals surface area contributed by atoms with Crippen LogP contribution in [-0.4, -0.2) is 30.7 Å². The number of sulfonamides is 1. The Morgan fingerprint density at radius 1 is 1.04 bits per heavy atom. The number of amides is 1. The number of anilines is 1. The molecule has 0 bridgehead atoms. The fourth-order valence-corrected chi connectivity index (χ4v) is 3.79. The predicted molar refractivity (Wildman–Crippen MR) is 108 cm³/mol. The van der Waals surface area contributed by atoms with E-state index < -0.39 is 10.0 Å². The first-order chi connectivity index (χ1) is 13.5. The quantitative estimate of drug-likeness (QED) is 0.571. The average Bonchev–Trinajstić information content (AvgIpc) is 3.13. The minimum Gasteiger partial charge on any atom is -0.356 e. The number of carbonyl (C=O) groups excluding carboxylic acids is 1. The fraction of sp³-hybridized carbons (Fsp3) is 0.200. The molecular formula is C20H22N4O3S. The van der Waals surface area contributed by atoms with Crippen LogP contribution < -0.4 is 10.0 Å². The van der Waals surface area contributed by atoms with Gasteiger partial charge in [-0.3, -0.25) is 9.52 Å². The van der Waals surface area contributed by atoms with Crippen LogP contribution in [0.25, 0.3) is 5.69 Å². The molecule has 3 aromatic rings. The third-order valence-electron chi connectivity index (χ3n) is 4.13.